The Bertz CT molecular complexity index is 873. The average molecular weight is 313 g/mol. The predicted molar refractivity (Wildman–Crippen MR) is 84.8 cm³/mol. The summed E-state index contributed by atoms with van der Waals surface area (Å²) in [6.07, 6.45) is 0. The molecule has 0 spiro atoms. The van der Waals surface area contributed by atoms with Crippen molar-refractivity contribution in [2.24, 2.45) is 7.05 Å². The second-order valence-corrected chi connectivity index (χ2v) is 5.14. The lowest BCUT2D eigenvalue weighted by atomic mass is 10.1. The van der Waals surface area contributed by atoms with E-state index in [1.54, 1.807) is 55.2 Å². The quantitative estimate of drug-likeness (QED) is 0.805. The molecule has 0 radical (unpaired) electrons. The molecular formula is C17H16FN3O2. The molecule has 5 nitrogen and oxygen atoms in total. The highest BCUT2D eigenvalue weighted by molar-refractivity contribution is 5.98. The van der Waals surface area contributed by atoms with Gasteiger partial charge in [-0.3, -0.25) is 4.79 Å². The van der Waals surface area contributed by atoms with Gasteiger partial charge in [-0.25, -0.2) is 9.07 Å². The maximum atomic E-state index is 13.6. The first-order valence-electron chi connectivity index (χ1n) is 7.12. The summed E-state index contributed by atoms with van der Waals surface area (Å²) < 4.78 is 20.5. The molecule has 0 unspecified atom stereocenters. The van der Waals surface area contributed by atoms with Crippen LogP contribution in [0.4, 0.5) is 4.39 Å². The molecule has 0 fully saturated rings. The van der Waals surface area contributed by atoms with Crippen LogP contribution in [0, 0.1) is 5.82 Å². The fourth-order valence-electron chi connectivity index (χ4n) is 2.48. The Morgan fingerprint density at radius 3 is 2.83 bits per heavy atom. The Hall–Kier alpha value is -2.89. The molecule has 0 aliphatic heterocycles. The molecule has 2 aromatic carbocycles. The number of nitrogens with one attached hydrogen (secondary N) is 1. The topological polar surface area (TPSA) is 56.1 Å². The predicted octanol–water partition coefficient (Wildman–Crippen LogP) is 2.65. The summed E-state index contributed by atoms with van der Waals surface area (Å²) in [5, 5.41) is 7.86. The highest BCUT2D eigenvalue weighted by Crippen LogP contribution is 2.25. The third-order valence-electron chi connectivity index (χ3n) is 3.63. The molecule has 23 heavy (non-hydrogen) atoms. The molecule has 0 saturated heterocycles. The van der Waals surface area contributed by atoms with Gasteiger partial charge in [0.05, 0.1) is 18.0 Å². The second kappa shape index (κ2) is 6.08. The number of fused-ring (bicyclic) bond motifs is 1. The van der Waals surface area contributed by atoms with Gasteiger partial charge in [0.2, 0.25) is 5.88 Å². The van der Waals surface area contributed by atoms with E-state index in [9.17, 15) is 9.18 Å². The van der Waals surface area contributed by atoms with Gasteiger partial charge in [0.1, 0.15) is 5.82 Å². The highest BCUT2D eigenvalue weighted by Gasteiger charge is 2.13. The molecule has 6 heteroatoms. The summed E-state index contributed by atoms with van der Waals surface area (Å²) in [4.78, 5) is 12.2. The minimum Gasteiger partial charge on any atom is -0.481 e. The van der Waals surface area contributed by atoms with E-state index in [1.807, 2.05) is 0 Å². The minimum absolute atomic E-state index is 0.134. The number of halogens is 1. The maximum Gasteiger partial charge on any atom is 0.251 e. The Labute approximate surface area is 132 Å². The van der Waals surface area contributed by atoms with E-state index in [-0.39, 0.29) is 18.3 Å². The van der Waals surface area contributed by atoms with Gasteiger partial charge >= 0.3 is 0 Å². The zero-order chi connectivity index (χ0) is 16.4. The molecular weight excluding hydrogens is 297 g/mol. The van der Waals surface area contributed by atoms with E-state index in [1.165, 1.54) is 6.07 Å². The van der Waals surface area contributed by atoms with Crippen molar-refractivity contribution < 1.29 is 13.9 Å². The third-order valence-corrected chi connectivity index (χ3v) is 3.63. The van der Waals surface area contributed by atoms with Crippen LogP contribution in [0.2, 0.25) is 0 Å². The SMILES string of the molecule is COc1c2ccc(C(=O)NCc3ccccc3F)cc2nn1C. The molecule has 0 bridgehead atoms. The number of ether oxygens (including phenoxy) is 1. The number of benzene rings is 2. The van der Waals surface area contributed by atoms with E-state index in [2.05, 4.69) is 10.4 Å². The number of amides is 1. The van der Waals surface area contributed by atoms with Crippen LogP contribution in [0.5, 0.6) is 5.88 Å². The summed E-state index contributed by atoms with van der Waals surface area (Å²) in [7, 11) is 3.35. The second-order valence-electron chi connectivity index (χ2n) is 5.14. The van der Waals surface area contributed by atoms with Crippen molar-refractivity contribution in [3.8, 4) is 5.88 Å². The van der Waals surface area contributed by atoms with Crippen molar-refractivity contribution in [1.29, 1.82) is 0 Å². The number of carbonyl (C=O) groups is 1. The number of aromatic nitrogens is 2. The minimum atomic E-state index is -0.335. The Kier molecular flexibility index (Phi) is 3.97. The van der Waals surface area contributed by atoms with Crippen molar-refractivity contribution in [1.82, 2.24) is 15.1 Å². The molecule has 0 aliphatic carbocycles. The van der Waals surface area contributed by atoms with Gasteiger partial charge in [0, 0.05) is 24.7 Å². The lowest BCUT2D eigenvalue weighted by Gasteiger charge is -2.06. The van der Waals surface area contributed by atoms with E-state index < -0.39 is 0 Å². The Morgan fingerprint density at radius 2 is 2.09 bits per heavy atom. The Balaban J connectivity index is 1.80. The van der Waals surface area contributed by atoms with Crippen molar-refractivity contribution >= 4 is 16.8 Å². The van der Waals surface area contributed by atoms with E-state index >= 15 is 0 Å². The molecule has 118 valence electrons. The molecule has 0 saturated carbocycles. The summed E-state index contributed by atoms with van der Waals surface area (Å²) in [6, 6.07) is 11.5. The van der Waals surface area contributed by atoms with Gasteiger partial charge in [0.15, 0.2) is 0 Å². The van der Waals surface area contributed by atoms with Gasteiger partial charge in [-0.2, -0.15) is 5.10 Å². The number of hydrogen-bond acceptors (Lipinski definition) is 3. The molecule has 1 heterocycles. The lowest BCUT2D eigenvalue weighted by Crippen LogP contribution is -2.23. The largest absolute Gasteiger partial charge is 0.481 e. The third kappa shape index (κ3) is 2.88. The zero-order valence-electron chi connectivity index (χ0n) is 12.8. The summed E-state index contributed by atoms with van der Waals surface area (Å²) in [6.45, 7) is 0.134. The first kappa shape index (κ1) is 15.0. The summed E-state index contributed by atoms with van der Waals surface area (Å²) in [5.74, 6) is 0.0239. The fourth-order valence-corrected chi connectivity index (χ4v) is 2.48. The van der Waals surface area contributed by atoms with E-state index in [0.29, 0.717) is 22.5 Å². The number of nitrogens with zero attached hydrogens (tertiary/aromatic N) is 2. The number of carbonyl (C=O) groups excluding carboxylic acids is 1. The van der Waals surface area contributed by atoms with Crippen molar-refractivity contribution in [2.45, 2.75) is 6.54 Å². The van der Waals surface area contributed by atoms with Crippen LogP contribution in [0.1, 0.15) is 15.9 Å². The van der Waals surface area contributed by atoms with Crippen molar-refractivity contribution in [2.75, 3.05) is 7.11 Å². The van der Waals surface area contributed by atoms with Gasteiger partial charge in [-0.1, -0.05) is 18.2 Å². The number of hydrogen-bond donors (Lipinski definition) is 1. The van der Waals surface area contributed by atoms with Gasteiger partial charge < -0.3 is 10.1 Å². The number of aryl methyl sites for hydroxylation is 1. The molecule has 3 aromatic rings. The molecule has 0 aliphatic rings. The normalized spacial score (nSPS) is 10.7. The van der Waals surface area contributed by atoms with Crippen molar-refractivity contribution in [3.63, 3.8) is 0 Å². The number of rotatable bonds is 4. The first-order chi connectivity index (χ1) is 11.1. The Morgan fingerprint density at radius 1 is 1.30 bits per heavy atom. The van der Waals surface area contributed by atoms with Crippen LogP contribution in [0.25, 0.3) is 10.9 Å². The molecule has 3 rings (SSSR count). The average Bonchev–Trinajstić information content (AvgIpc) is 2.87. The van der Waals surface area contributed by atoms with Crippen LogP contribution in [-0.4, -0.2) is 22.8 Å². The van der Waals surface area contributed by atoms with Gasteiger partial charge in [0.25, 0.3) is 5.91 Å². The first-order valence-corrected chi connectivity index (χ1v) is 7.12. The van der Waals surface area contributed by atoms with Crippen LogP contribution in [-0.2, 0) is 13.6 Å². The van der Waals surface area contributed by atoms with Gasteiger partial charge in [-0.05, 0) is 24.3 Å². The van der Waals surface area contributed by atoms with Crippen molar-refractivity contribution in [3.05, 3.63) is 59.4 Å². The fraction of sp³-hybridized carbons (Fsp3) is 0.176. The van der Waals surface area contributed by atoms with Crippen LogP contribution >= 0.6 is 0 Å². The monoisotopic (exact) mass is 313 g/mol. The van der Waals surface area contributed by atoms with Crippen LogP contribution < -0.4 is 10.1 Å². The number of methoxy groups -OCH3 is 1. The molecule has 0 atom stereocenters. The molecule has 1 aromatic heterocycles. The van der Waals surface area contributed by atoms with Crippen LogP contribution in [0.15, 0.2) is 42.5 Å². The van der Waals surface area contributed by atoms with E-state index in [4.69, 9.17) is 4.74 Å². The summed E-state index contributed by atoms with van der Waals surface area (Å²) >= 11 is 0. The zero-order valence-corrected chi connectivity index (χ0v) is 12.8. The smallest absolute Gasteiger partial charge is 0.251 e. The van der Waals surface area contributed by atoms with Gasteiger partial charge in [-0.15, -0.1) is 0 Å². The lowest BCUT2D eigenvalue weighted by molar-refractivity contribution is 0.0950. The maximum absolute atomic E-state index is 13.6. The standard InChI is InChI=1S/C17H16FN3O2/c1-21-17(23-2)13-8-7-11(9-15(13)20-21)16(22)19-10-12-5-3-4-6-14(12)18/h3-9H,10H2,1-2H3,(H,19,22). The molecule has 1 N–H and O–H groups in total. The summed E-state index contributed by atoms with van der Waals surface area (Å²) in [5.41, 5.74) is 1.58. The highest BCUT2D eigenvalue weighted by atomic mass is 19.1. The van der Waals surface area contributed by atoms with E-state index in [0.717, 1.165) is 5.39 Å². The molecule has 1 amide bonds. The van der Waals surface area contributed by atoms with Crippen LogP contribution in [0.3, 0.4) is 0 Å².